The molecule has 0 saturated heterocycles. The Labute approximate surface area is 123 Å². The first-order valence-corrected chi connectivity index (χ1v) is 7.65. The Bertz CT molecular complexity index is 588. The molecule has 2 aromatic heterocycles. The summed E-state index contributed by atoms with van der Waals surface area (Å²) in [6.07, 6.45) is 2.55. The van der Waals surface area contributed by atoms with Crippen LogP contribution in [0, 0.1) is 0 Å². The molecule has 0 aliphatic heterocycles. The summed E-state index contributed by atoms with van der Waals surface area (Å²) < 4.78 is 1.79. The molecule has 1 N–H and O–H groups in total. The zero-order valence-electron chi connectivity index (χ0n) is 12.3. The molecule has 0 bridgehead atoms. The molecule has 0 aliphatic carbocycles. The van der Waals surface area contributed by atoms with Gasteiger partial charge in [0.25, 0.3) is 5.91 Å². The molecule has 1 atom stereocenters. The Morgan fingerprint density at radius 2 is 2.25 bits per heavy atom. The van der Waals surface area contributed by atoms with Crippen LogP contribution in [-0.2, 0) is 7.05 Å². The molecule has 0 radical (unpaired) electrons. The molecule has 2 heterocycles. The number of amides is 1. The van der Waals surface area contributed by atoms with Crippen molar-refractivity contribution in [3.05, 3.63) is 34.0 Å². The highest BCUT2D eigenvalue weighted by Crippen LogP contribution is 2.20. The van der Waals surface area contributed by atoms with E-state index in [1.165, 1.54) is 11.3 Å². The van der Waals surface area contributed by atoms with Crippen LogP contribution < -0.4 is 5.32 Å². The van der Waals surface area contributed by atoms with E-state index in [0.717, 1.165) is 17.8 Å². The predicted octanol–water partition coefficient (Wildman–Crippen LogP) is 2.88. The number of aromatic nitrogens is 3. The van der Waals surface area contributed by atoms with E-state index in [9.17, 15) is 4.79 Å². The number of hydrogen-bond donors (Lipinski definition) is 1. The van der Waals surface area contributed by atoms with Gasteiger partial charge in [-0.15, -0.1) is 11.3 Å². The average Bonchev–Trinajstić information content (AvgIpc) is 3.04. The zero-order valence-corrected chi connectivity index (χ0v) is 13.1. The minimum Gasteiger partial charge on any atom is -0.342 e. The minimum absolute atomic E-state index is 0.0404. The summed E-state index contributed by atoms with van der Waals surface area (Å²) in [6, 6.07) is 1.89. The van der Waals surface area contributed by atoms with Crippen molar-refractivity contribution in [2.45, 2.75) is 39.2 Å². The maximum atomic E-state index is 12.3. The molecule has 2 aromatic rings. The van der Waals surface area contributed by atoms with Gasteiger partial charge < -0.3 is 5.32 Å². The van der Waals surface area contributed by atoms with Gasteiger partial charge in [-0.1, -0.05) is 20.8 Å². The molecule has 0 saturated carbocycles. The van der Waals surface area contributed by atoms with Gasteiger partial charge in [0.05, 0.1) is 17.4 Å². The van der Waals surface area contributed by atoms with E-state index in [-0.39, 0.29) is 11.9 Å². The molecule has 6 heteroatoms. The lowest BCUT2D eigenvalue weighted by Crippen LogP contribution is -2.29. The van der Waals surface area contributed by atoms with Crippen LogP contribution in [0.3, 0.4) is 0 Å². The summed E-state index contributed by atoms with van der Waals surface area (Å²) in [5.74, 6) is 0.224. The maximum absolute atomic E-state index is 12.3. The van der Waals surface area contributed by atoms with Crippen LogP contribution in [0.5, 0.6) is 0 Å². The lowest BCUT2D eigenvalue weighted by molar-refractivity contribution is 0.0933. The molecule has 2 rings (SSSR count). The van der Waals surface area contributed by atoms with Gasteiger partial charge >= 0.3 is 0 Å². The molecule has 108 valence electrons. The Hall–Kier alpha value is -1.69. The Morgan fingerprint density at radius 3 is 2.75 bits per heavy atom. The SMILES string of the molecule is CC[C@H](NC(=O)c1nc(C(C)C)cs1)c1ccnn1C. The molecule has 0 aliphatic rings. The highest BCUT2D eigenvalue weighted by Gasteiger charge is 2.19. The fourth-order valence-electron chi connectivity index (χ4n) is 1.99. The molecule has 0 spiro atoms. The topological polar surface area (TPSA) is 59.8 Å². The summed E-state index contributed by atoms with van der Waals surface area (Å²) in [6.45, 7) is 6.18. The van der Waals surface area contributed by atoms with Crippen LogP contribution in [0.4, 0.5) is 0 Å². The van der Waals surface area contributed by atoms with Crippen LogP contribution in [0.2, 0.25) is 0 Å². The Balaban J connectivity index is 2.11. The number of rotatable bonds is 5. The van der Waals surface area contributed by atoms with Crippen LogP contribution in [0.25, 0.3) is 0 Å². The number of nitrogens with zero attached hydrogens (tertiary/aromatic N) is 3. The molecule has 0 unspecified atom stereocenters. The molecule has 1 amide bonds. The zero-order chi connectivity index (χ0) is 14.7. The van der Waals surface area contributed by atoms with Crippen molar-refractivity contribution in [1.29, 1.82) is 0 Å². The fraction of sp³-hybridized carbons (Fsp3) is 0.500. The van der Waals surface area contributed by atoms with Crippen molar-refractivity contribution in [2.24, 2.45) is 7.05 Å². The van der Waals surface area contributed by atoms with E-state index in [0.29, 0.717) is 10.9 Å². The Morgan fingerprint density at radius 1 is 1.50 bits per heavy atom. The number of thiazole rings is 1. The van der Waals surface area contributed by atoms with Gasteiger partial charge in [0.2, 0.25) is 0 Å². The van der Waals surface area contributed by atoms with Gasteiger partial charge in [-0.05, 0) is 18.4 Å². The first-order valence-electron chi connectivity index (χ1n) is 6.77. The maximum Gasteiger partial charge on any atom is 0.280 e. The van der Waals surface area contributed by atoms with Gasteiger partial charge in [-0.2, -0.15) is 5.10 Å². The molecule has 5 nitrogen and oxygen atoms in total. The summed E-state index contributed by atoms with van der Waals surface area (Å²) >= 11 is 1.39. The van der Waals surface area contributed by atoms with E-state index in [2.05, 4.69) is 29.2 Å². The van der Waals surface area contributed by atoms with Crippen LogP contribution in [-0.4, -0.2) is 20.7 Å². The summed E-state index contributed by atoms with van der Waals surface area (Å²) in [4.78, 5) is 16.6. The van der Waals surface area contributed by atoms with Gasteiger partial charge in [-0.25, -0.2) is 4.98 Å². The second-order valence-electron chi connectivity index (χ2n) is 5.05. The second-order valence-corrected chi connectivity index (χ2v) is 5.90. The van der Waals surface area contributed by atoms with E-state index in [1.807, 2.05) is 25.4 Å². The van der Waals surface area contributed by atoms with Crippen molar-refractivity contribution < 1.29 is 4.79 Å². The van der Waals surface area contributed by atoms with Crippen molar-refractivity contribution in [3.63, 3.8) is 0 Å². The number of aryl methyl sites for hydroxylation is 1. The van der Waals surface area contributed by atoms with Crippen molar-refractivity contribution in [1.82, 2.24) is 20.1 Å². The van der Waals surface area contributed by atoms with E-state index >= 15 is 0 Å². The van der Waals surface area contributed by atoms with Crippen LogP contribution in [0.1, 0.15) is 60.3 Å². The highest BCUT2D eigenvalue weighted by atomic mass is 32.1. The van der Waals surface area contributed by atoms with E-state index in [4.69, 9.17) is 0 Å². The lowest BCUT2D eigenvalue weighted by atomic mass is 10.1. The Kier molecular flexibility index (Phi) is 4.54. The second kappa shape index (κ2) is 6.17. The molecular formula is C14H20N4OS. The average molecular weight is 292 g/mol. The van der Waals surface area contributed by atoms with Crippen LogP contribution in [0.15, 0.2) is 17.6 Å². The third kappa shape index (κ3) is 3.07. The van der Waals surface area contributed by atoms with E-state index in [1.54, 1.807) is 10.9 Å². The smallest absolute Gasteiger partial charge is 0.280 e. The number of carbonyl (C=O) groups is 1. The number of carbonyl (C=O) groups excluding carboxylic acids is 1. The standard InChI is InChI=1S/C14H20N4OS/c1-5-10(12-6-7-15-18(12)4)16-13(19)14-17-11(8-20-14)9(2)3/h6-10H,5H2,1-4H3,(H,16,19)/t10-/m0/s1. The molecule has 0 aromatic carbocycles. The quantitative estimate of drug-likeness (QED) is 0.921. The third-order valence-corrected chi connectivity index (χ3v) is 4.10. The molecule has 20 heavy (non-hydrogen) atoms. The largest absolute Gasteiger partial charge is 0.342 e. The van der Waals surface area contributed by atoms with Gasteiger partial charge in [-0.3, -0.25) is 9.48 Å². The van der Waals surface area contributed by atoms with Crippen LogP contribution >= 0.6 is 11.3 Å². The normalized spacial score (nSPS) is 12.7. The fourth-order valence-corrected chi connectivity index (χ4v) is 2.87. The number of nitrogens with one attached hydrogen (secondary N) is 1. The monoisotopic (exact) mass is 292 g/mol. The number of hydrogen-bond acceptors (Lipinski definition) is 4. The minimum atomic E-state index is -0.116. The highest BCUT2D eigenvalue weighted by molar-refractivity contribution is 7.11. The summed E-state index contributed by atoms with van der Waals surface area (Å²) in [5.41, 5.74) is 1.97. The van der Waals surface area contributed by atoms with Gasteiger partial charge in [0.1, 0.15) is 0 Å². The third-order valence-electron chi connectivity index (χ3n) is 3.24. The van der Waals surface area contributed by atoms with Crippen molar-refractivity contribution >= 4 is 17.2 Å². The molecule has 0 fully saturated rings. The lowest BCUT2D eigenvalue weighted by Gasteiger charge is -2.16. The predicted molar refractivity (Wildman–Crippen MR) is 79.9 cm³/mol. The van der Waals surface area contributed by atoms with Crippen molar-refractivity contribution in [3.8, 4) is 0 Å². The first kappa shape index (κ1) is 14.7. The van der Waals surface area contributed by atoms with E-state index < -0.39 is 0 Å². The first-order chi connectivity index (χ1) is 9.52. The summed E-state index contributed by atoms with van der Waals surface area (Å²) in [5, 5.41) is 9.64. The van der Waals surface area contributed by atoms with Gasteiger partial charge in [0.15, 0.2) is 5.01 Å². The molecular weight excluding hydrogens is 272 g/mol. The van der Waals surface area contributed by atoms with Crippen molar-refractivity contribution in [2.75, 3.05) is 0 Å². The summed E-state index contributed by atoms with van der Waals surface area (Å²) in [7, 11) is 1.88. The van der Waals surface area contributed by atoms with Gasteiger partial charge in [0, 0.05) is 18.6 Å².